The average molecular weight is 360 g/mol. The maximum absolute atomic E-state index is 12.5. The summed E-state index contributed by atoms with van der Waals surface area (Å²) in [7, 11) is 0. The van der Waals surface area contributed by atoms with Crippen LogP contribution in [0.25, 0.3) is 0 Å². The summed E-state index contributed by atoms with van der Waals surface area (Å²) in [4.78, 5) is 21.2. The maximum Gasteiger partial charge on any atom is 0.317 e. The number of nitrogens with zero attached hydrogens (tertiary/aromatic N) is 3. The molecule has 1 N–H and O–H groups in total. The Balaban J connectivity index is 1.26. The summed E-state index contributed by atoms with van der Waals surface area (Å²) < 4.78 is 11.2. The highest BCUT2D eigenvalue weighted by Gasteiger charge is 2.32. The lowest BCUT2D eigenvalue weighted by molar-refractivity contribution is -0.0963. The Bertz CT molecular complexity index is 597. The van der Waals surface area contributed by atoms with Crippen LogP contribution >= 0.6 is 0 Å². The van der Waals surface area contributed by atoms with Crippen LogP contribution < -0.4 is 10.2 Å². The first-order valence-electron chi connectivity index (χ1n) is 9.75. The van der Waals surface area contributed by atoms with E-state index in [2.05, 4.69) is 27.3 Å². The van der Waals surface area contributed by atoms with Crippen LogP contribution in [0.1, 0.15) is 31.2 Å². The molecule has 4 rings (SSSR count). The minimum Gasteiger partial charge on any atom is -0.357 e. The number of likely N-dealkylation sites (tertiary alicyclic amines) is 1. The van der Waals surface area contributed by atoms with E-state index >= 15 is 0 Å². The summed E-state index contributed by atoms with van der Waals surface area (Å²) in [6, 6.07) is 4.09. The number of carbonyl (C=O) groups excluding carboxylic acids is 1. The summed E-state index contributed by atoms with van der Waals surface area (Å²) in [5, 5.41) is 3.02. The number of amides is 2. The van der Waals surface area contributed by atoms with Crippen molar-refractivity contribution in [1.82, 2.24) is 15.2 Å². The number of piperidine rings is 1. The largest absolute Gasteiger partial charge is 0.357 e. The van der Waals surface area contributed by atoms with Crippen molar-refractivity contribution in [3.05, 3.63) is 23.9 Å². The Morgan fingerprint density at radius 3 is 2.69 bits per heavy atom. The number of ether oxygens (including phenoxy) is 2. The van der Waals surface area contributed by atoms with Gasteiger partial charge in [0.2, 0.25) is 0 Å². The van der Waals surface area contributed by atoms with E-state index in [0.29, 0.717) is 26.3 Å². The zero-order valence-corrected chi connectivity index (χ0v) is 15.2. The second-order valence-electron chi connectivity index (χ2n) is 7.34. The van der Waals surface area contributed by atoms with Crippen LogP contribution in [0.3, 0.4) is 0 Å². The van der Waals surface area contributed by atoms with Gasteiger partial charge in [-0.25, -0.2) is 9.78 Å². The smallest absolute Gasteiger partial charge is 0.317 e. The number of hydrogen-bond acceptors (Lipinski definition) is 5. The number of urea groups is 1. The van der Waals surface area contributed by atoms with Gasteiger partial charge >= 0.3 is 6.03 Å². The van der Waals surface area contributed by atoms with Gasteiger partial charge in [-0.3, -0.25) is 0 Å². The summed E-state index contributed by atoms with van der Waals surface area (Å²) in [6.07, 6.45) is 6.25. The van der Waals surface area contributed by atoms with E-state index in [-0.39, 0.29) is 18.2 Å². The molecule has 1 atom stereocenters. The zero-order chi connectivity index (χ0) is 17.8. The second-order valence-corrected chi connectivity index (χ2v) is 7.34. The van der Waals surface area contributed by atoms with Gasteiger partial charge in [-0.05, 0) is 37.3 Å². The van der Waals surface area contributed by atoms with Gasteiger partial charge in [0, 0.05) is 44.8 Å². The molecule has 3 saturated heterocycles. The average Bonchev–Trinajstić information content (AvgIpc) is 3.40. The number of hydrogen-bond donors (Lipinski definition) is 1. The second kappa shape index (κ2) is 8.22. The van der Waals surface area contributed by atoms with E-state index in [4.69, 9.17) is 9.47 Å². The molecule has 0 radical (unpaired) electrons. The molecule has 1 unspecified atom stereocenters. The number of pyridine rings is 1. The molecule has 7 heteroatoms. The molecule has 0 aromatic carbocycles. The zero-order valence-electron chi connectivity index (χ0n) is 15.2. The summed E-state index contributed by atoms with van der Waals surface area (Å²) in [5.74, 6) is 1.31. The normalized spacial score (nSPS) is 24.2. The molecule has 1 aromatic rings. The molecular weight excluding hydrogens is 332 g/mol. The van der Waals surface area contributed by atoms with Crippen molar-refractivity contribution >= 4 is 11.8 Å². The Hall–Kier alpha value is -1.86. The van der Waals surface area contributed by atoms with E-state index < -0.39 is 0 Å². The van der Waals surface area contributed by atoms with Gasteiger partial charge in [0.15, 0.2) is 6.29 Å². The number of aromatic nitrogens is 1. The molecule has 7 nitrogen and oxygen atoms in total. The molecule has 1 aromatic heterocycles. The first-order chi connectivity index (χ1) is 12.8. The van der Waals surface area contributed by atoms with Crippen molar-refractivity contribution in [3.8, 4) is 0 Å². The van der Waals surface area contributed by atoms with Crippen LogP contribution in [0.4, 0.5) is 10.6 Å². The minimum absolute atomic E-state index is 0.0173. The summed E-state index contributed by atoms with van der Waals surface area (Å²) >= 11 is 0. The standard InChI is InChI=1S/C19H28N4O3/c24-19(23-9-3-4-16(14-23)18-25-10-11-26-18)21-13-15-5-6-17(20-12-15)22-7-1-2-8-22/h5-6,12,16,18H,1-4,7-11,13-14H2,(H,21,24). The molecule has 2 amide bonds. The van der Waals surface area contributed by atoms with E-state index in [9.17, 15) is 4.79 Å². The highest BCUT2D eigenvalue weighted by Crippen LogP contribution is 2.25. The molecule has 3 aliphatic rings. The van der Waals surface area contributed by atoms with E-state index in [0.717, 1.165) is 43.9 Å². The number of anilines is 1. The van der Waals surface area contributed by atoms with Crippen LogP contribution in [0.5, 0.6) is 0 Å². The van der Waals surface area contributed by atoms with Crippen molar-refractivity contribution < 1.29 is 14.3 Å². The molecule has 3 aliphatic heterocycles. The minimum atomic E-state index is -0.145. The molecule has 4 heterocycles. The number of nitrogens with one attached hydrogen (secondary N) is 1. The van der Waals surface area contributed by atoms with Gasteiger partial charge in [0.1, 0.15) is 5.82 Å². The maximum atomic E-state index is 12.5. The predicted molar refractivity (Wildman–Crippen MR) is 97.9 cm³/mol. The Kier molecular flexibility index (Phi) is 5.55. The van der Waals surface area contributed by atoms with E-state index in [1.54, 1.807) is 0 Å². The first kappa shape index (κ1) is 17.5. The molecule has 0 spiro atoms. The molecule has 0 bridgehead atoms. The van der Waals surface area contributed by atoms with Crippen LogP contribution in [0.15, 0.2) is 18.3 Å². The van der Waals surface area contributed by atoms with Gasteiger partial charge in [-0.1, -0.05) is 6.07 Å². The summed E-state index contributed by atoms with van der Waals surface area (Å²) in [5.41, 5.74) is 1.03. The highest BCUT2D eigenvalue weighted by molar-refractivity contribution is 5.74. The third-order valence-corrected chi connectivity index (χ3v) is 5.46. The fraction of sp³-hybridized carbons (Fsp3) is 0.684. The Labute approximate surface area is 154 Å². The van der Waals surface area contributed by atoms with Crippen LogP contribution in [-0.2, 0) is 16.0 Å². The van der Waals surface area contributed by atoms with Crippen LogP contribution in [0.2, 0.25) is 0 Å². The number of carbonyl (C=O) groups is 1. The fourth-order valence-corrected chi connectivity index (χ4v) is 4.01. The van der Waals surface area contributed by atoms with E-state index in [1.807, 2.05) is 11.1 Å². The first-order valence-corrected chi connectivity index (χ1v) is 9.75. The highest BCUT2D eigenvalue weighted by atomic mass is 16.7. The predicted octanol–water partition coefficient (Wildman–Crippen LogP) is 1.98. The lowest BCUT2D eigenvalue weighted by Gasteiger charge is -2.34. The number of rotatable bonds is 4. The summed E-state index contributed by atoms with van der Waals surface area (Å²) in [6.45, 7) is 5.50. The van der Waals surface area contributed by atoms with Gasteiger partial charge in [-0.2, -0.15) is 0 Å². The van der Waals surface area contributed by atoms with Crippen molar-refractivity contribution in [2.75, 3.05) is 44.3 Å². The SMILES string of the molecule is O=C(NCc1ccc(N2CCCC2)nc1)N1CCCC(C2OCCO2)C1. The Morgan fingerprint density at radius 2 is 1.96 bits per heavy atom. The molecule has 26 heavy (non-hydrogen) atoms. The molecule has 142 valence electrons. The molecule has 0 aliphatic carbocycles. The van der Waals surface area contributed by atoms with Gasteiger partial charge < -0.3 is 24.6 Å². The lowest BCUT2D eigenvalue weighted by Crippen LogP contribution is -2.47. The third kappa shape index (κ3) is 4.10. The molecule has 3 fully saturated rings. The van der Waals surface area contributed by atoms with E-state index in [1.165, 1.54) is 12.8 Å². The third-order valence-electron chi connectivity index (χ3n) is 5.46. The van der Waals surface area contributed by atoms with Gasteiger partial charge in [0.05, 0.1) is 13.2 Å². The van der Waals surface area contributed by atoms with Gasteiger partial charge in [0.25, 0.3) is 0 Å². The van der Waals surface area contributed by atoms with Crippen molar-refractivity contribution in [2.45, 2.75) is 38.5 Å². The monoisotopic (exact) mass is 360 g/mol. The lowest BCUT2D eigenvalue weighted by atomic mass is 9.98. The van der Waals surface area contributed by atoms with Crippen molar-refractivity contribution in [1.29, 1.82) is 0 Å². The van der Waals surface area contributed by atoms with Crippen LogP contribution in [-0.4, -0.2) is 61.6 Å². The van der Waals surface area contributed by atoms with Crippen molar-refractivity contribution in [2.24, 2.45) is 5.92 Å². The topological polar surface area (TPSA) is 66.9 Å². The fourth-order valence-electron chi connectivity index (χ4n) is 4.01. The van der Waals surface area contributed by atoms with Crippen molar-refractivity contribution in [3.63, 3.8) is 0 Å². The van der Waals surface area contributed by atoms with Gasteiger partial charge in [-0.15, -0.1) is 0 Å². The van der Waals surface area contributed by atoms with Crippen LogP contribution in [0, 0.1) is 5.92 Å². The quantitative estimate of drug-likeness (QED) is 0.889. The Morgan fingerprint density at radius 1 is 1.15 bits per heavy atom. The molecular formula is C19H28N4O3. The molecule has 0 saturated carbocycles.